The number of para-hydroxylation sites is 1. The van der Waals surface area contributed by atoms with Crippen molar-refractivity contribution in [3.8, 4) is 6.07 Å². The normalized spacial score (nSPS) is 16.9. The van der Waals surface area contributed by atoms with Crippen LogP contribution in [0.2, 0.25) is 0 Å². The van der Waals surface area contributed by atoms with Gasteiger partial charge < -0.3 is 5.32 Å². The van der Waals surface area contributed by atoms with Gasteiger partial charge in [-0.05, 0) is 18.9 Å². The van der Waals surface area contributed by atoms with E-state index < -0.39 is 16.4 Å². The minimum absolute atomic E-state index is 0.00213. The van der Waals surface area contributed by atoms with Gasteiger partial charge in [0.2, 0.25) is 0 Å². The number of benzene rings is 1. The molecule has 6 heteroatoms. The van der Waals surface area contributed by atoms with Crippen LogP contribution in [0.15, 0.2) is 24.3 Å². The molecule has 0 bridgehead atoms. The van der Waals surface area contributed by atoms with Crippen LogP contribution in [-0.2, 0) is 0 Å². The Morgan fingerprint density at radius 3 is 2.55 bits per heavy atom. The summed E-state index contributed by atoms with van der Waals surface area (Å²) in [7, 11) is 0. The van der Waals surface area contributed by atoms with Crippen molar-refractivity contribution in [2.75, 3.05) is 0 Å². The average Bonchev–Trinajstić information content (AvgIpc) is 2.48. The summed E-state index contributed by atoms with van der Waals surface area (Å²) >= 11 is 0. The van der Waals surface area contributed by atoms with Gasteiger partial charge in [-0.2, -0.15) is 5.26 Å². The van der Waals surface area contributed by atoms with Crippen LogP contribution in [0.1, 0.15) is 42.5 Å². The van der Waals surface area contributed by atoms with Gasteiger partial charge in [-0.25, -0.2) is 0 Å². The van der Waals surface area contributed by atoms with Crippen molar-refractivity contribution < 1.29 is 9.72 Å². The highest BCUT2D eigenvalue weighted by molar-refractivity contribution is 5.98. The molecule has 0 saturated heterocycles. The first-order valence-electron chi connectivity index (χ1n) is 6.55. The second-order valence-corrected chi connectivity index (χ2v) is 4.98. The van der Waals surface area contributed by atoms with E-state index in [1.807, 2.05) is 0 Å². The molecule has 2 rings (SSSR count). The lowest BCUT2D eigenvalue weighted by atomic mass is 9.82. The first kappa shape index (κ1) is 14.0. The number of hydrogen-bond acceptors (Lipinski definition) is 4. The predicted octanol–water partition coefficient (Wildman–Crippen LogP) is 2.55. The molecule has 0 atom stereocenters. The molecule has 1 fully saturated rings. The number of carbonyl (C=O) groups excluding carboxylic acids is 1. The molecular formula is C14H15N3O3. The van der Waals surface area contributed by atoms with E-state index >= 15 is 0 Å². The fourth-order valence-electron chi connectivity index (χ4n) is 2.53. The van der Waals surface area contributed by atoms with Gasteiger partial charge in [0.15, 0.2) is 0 Å². The van der Waals surface area contributed by atoms with Gasteiger partial charge in [0.05, 0.1) is 11.0 Å². The smallest absolute Gasteiger partial charge is 0.282 e. The zero-order chi connectivity index (χ0) is 14.6. The van der Waals surface area contributed by atoms with Crippen molar-refractivity contribution in [3.63, 3.8) is 0 Å². The maximum absolute atomic E-state index is 12.2. The summed E-state index contributed by atoms with van der Waals surface area (Å²) < 4.78 is 0. The molecule has 0 heterocycles. The second-order valence-electron chi connectivity index (χ2n) is 4.98. The number of hydrogen-bond donors (Lipinski definition) is 1. The molecule has 20 heavy (non-hydrogen) atoms. The Bertz CT molecular complexity index is 571. The molecule has 1 aliphatic carbocycles. The van der Waals surface area contributed by atoms with Crippen molar-refractivity contribution >= 4 is 11.6 Å². The zero-order valence-electron chi connectivity index (χ0n) is 11.0. The first-order chi connectivity index (χ1) is 9.58. The van der Waals surface area contributed by atoms with E-state index in [-0.39, 0.29) is 11.3 Å². The number of nitro benzene ring substituents is 1. The molecule has 0 radical (unpaired) electrons. The van der Waals surface area contributed by atoms with Crippen molar-refractivity contribution in [2.45, 2.75) is 37.6 Å². The quantitative estimate of drug-likeness (QED) is 0.676. The number of nitrogens with zero attached hydrogens (tertiary/aromatic N) is 2. The van der Waals surface area contributed by atoms with Crippen LogP contribution < -0.4 is 5.32 Å². The number of nitro groups is 1. The van der Waals surface area contributed by atoms with Crippen molar-refractivity contribution in [2.24, 2.45) is 0 Å². The van der Waals surface area contributed by atoms with Crippen LogP contribution in [0.3, 0.4) is 0 Å². The summed E-state index contributed by atoms with van der Waals surface area (Å²) in [6.45, 7) is 0. The van der Waals surface area contributed by atoms with E-state index in [1.54, 1.807) is 6.07 Å². The predicted molar refractivity (Wildman–Crippen MR) is 72.0 cm³/mol. The van der Waals surface area contributed by atoms with Gasteiger partial charge >= 0.3 is 0 Å². The third-order valence-corrected chi connectivity index (χ3v) is 3.62. The standard InChI is InChI=1S/C14H15N3O3/c15-10-14(8-4-1-5-9-14)16-13(18)11-6-2-3-7-12(11)17(19)20/h2-3,6-7H,1,4-5,8-9H2,(H,16,18). The largest absolute Gasteiger partial charge is 0.333 e. The summed E-state index contributed by atoms with van der Waals surface area (Å²) in [6, 6.07) is 7.94. The fraction of sp³-hybridized carbons (Fsp3) is 0.429. The SMILES string of the molecule is N#CC1(NC(=O)c2ccccc2[N+](=O)[O-])CCCCC1. The maximum atomic E-state index is 12.2. The molecule has 0 unspecified atom stereocenters. The van der Waals surface area contributed by atoms with Crippen LogP contribution in [-0.4, -0.2) is 16.4 Å². The third kappa shape index (κ3) is 2.77. The zero-order valence-corrected chi connectivity index (χ0v) is 11.0. The molecule has 1 aromatic rings. The van der Waals surface area contributed by atoms with E-state index in [4.69, 9.17) is 0 Å². The molecule has 0 aliphatic heterocycles. The average molecular weight is 273 g/mol. The summed E-state index contributed by atoms with van der Waals surface area (Å²) in [5.41, 5.74) is -1.13. The highest BCUT2D eigenvalue weighted by atomic mass is 16.6. The van der Waals surface area contributed by atoms with Gasteiger partial charge in [0, 0.05) is 6.07 Å². The highest BCUT2D eigenvalue weighted by Crippen LogP contribution is 2.28. The number of nitrogens with one attached hydrogen (secondary N) is 1. The van der Waals surface area contributed by atoms with Gasteiger partial charge in [-0.1, -0.05) is 31.4 Å². The summed E-state index contributed by atoms with van der Waals surface area (Å²) in [5.74, 6) is -0.555. The van der Waals surface area contributed by atoms with E-state index in [1.165, 1.54) is 18.2 Å². The summed E-state index contributed by atoms with van der Waals surface area (Å²) in [4.78, 5) is 22.6. The Kier molecular flexibility index (Phi) is 3.99. The molecule has 1 saturated carbocycles. The molecule has 104 valence electrons. The van der Waals surface area contributed by atoms with Crippen molar-refractivity contribution in [1.29, 1.82) is 5.26 Å². The lowest BCUT2D eigenvalue weighted by Crippen LogP contribution is -2.48. The molecule has 0 aromatic heterocycles. The minimum Gasteiger partial charge on any atom is -0.333 e. The molecule has 1 aromatic carbocycles. The van der Waals surface area contributed by atoms with E-state index in [9.17, 15) is 20.2 Å². The van der Waals surface area contributed by atoms with Gasteiger partial charge in [-0.15, -0.1) is 0 Å². The van der Waals surface area contributed by atoms with Crippen molar-refractivity contribution in [1.82, 2.24) is 5.32 Å². The van der Waals surface area contributed by atoms with E-state index in [0.29, 0.717) is 12.8 Å². The Balaban J connectivity index is 2.24. The Morgan fingerprint density at radius 1 is 1.30 bits per heavy atom. The maximum Gasteiger partial charge on any atom is 0.282 e. The van der Waals surface area contributed by atoms with Crippen molar-refractivity contribution in [3.05, 3.63) is 39.9 Å². The van der Waals surface area contributed by atoms with Gasteiger partial charge in [-0.3, -0.25) is 14.9 Å². The van der Waals surface area contributed by atoms with Crippen LogP contribution in [0, 0.1) is 21.4 Å². The topological polar surface area (TPSA) is 96.0 Å². The minimum atomic E-state index is -0.890. The molecule has 1 aliphatic rings. The van der Waals surface area contributed by atoms with E-state index in [2.05, 4.69) is 11.4 Å². The molecule has 0 spiro atoms. The highest BCUT2D eigenvalue weighted by Gasteiger charge is 2.35. The summed E-state index contributed by atoms with van der Waals surface area (Å²) in [5, 5.41) is 22.9. The van der Waals surface area contributed by atoms with Gasteiger partial charge in [0.1, 0.15) is 11.1 Å². The van der Waals surface area contributed by atoms with Crippen LogP contribution in [0.25, 0.3) is 0 Å². The fourth-order valence-corrected chi connectivity index (χ4v) is 2.53. The lowest BCUT2D eigenvalue weighted by Gasteiger charge is -2.31. The monoisotopic (exact) mass is 273 g/mol. The third-order valence-electron chi connectivity index (χ3n) is 3.62. The number of amides is 1. The molecule has 6 nitrogen and oxygen atoms in total. The van der Waals surface area contributed by atoms with Crippen LogP contribution in [0.4, 0.5) is 5.69 Å². The molecular weight excluding hydrogens is 258 g/mol. The second kappa shape index (κ2) is 5.70. The van der Waals surface area contributed by atoms with Crippen LogP contribution >= 0.6 is 0 Å². The first-order valence-corrected chi connectivity index (χ1v) is 6.55. The number of rotatable bonds is 3. The van der Waals surface area contributed by atoms with E-state index in [0.717, 1.165) is 19.3 Å². The number of carbonyl (C=O) groups is 1. The molecule has 1 amide bonds. The number of nitriles is 1. The van der Waals surface area contributed by atoms with Gasteiger partial charge in [0.25, 0.3) is 11.6 Å². The van der Waals surface area contributed by atoms with Crippen LogP contribution in [0.5, 0.6) is 0 Å². The Morgan fingerprint density at radius 2 is 1.95 bits per heavy atom. The Hall–Kier alpha value is -2.42. The summed E-state index contributed by atoms with van der Waals surface area (Å²) in [6.07, 6.45) is 3.99. The lowest BCUT2D eigenvalue weighted by molar-refractivity contribution is -0.385. The Labute approximate surface area is 116 Å². The molecule has 1 N–H and O–H groups in total.